The van der Waals surface area contributed by atoms with Crippen molar-refractivity contribution in [2.24, 2.45) is 5.92 Å². The molecule has 2 aliphatic heterocycles. The largest absolute Gasteiger partial charge is 0.494 e. The summed E-state index contributed by atoms with van der Waals surface area (Å²) in [5.41, 5.74) is 1.80. The van der Waals surface area contributed by atoms with E-state index in [9.17, 15) is 9.59 Å². The molecule has 0 bridgehead atoms. The second-order valence-electron chi connectivity index (χ2n) is 8.94. The number of rotatable bonds is 9. The van der Waals surface area contributed by atoms with Crippen LogP contribution in [0, 0.1) is 5.92 Å². The molecule has 3 atom stereocenters. The number of carbonyl (C=O) groups is 2. The van der Waals surface area contributed by atoms with Crippen LogP contribution >= 0.6 is 0 Å². The van der Waals surface area contributed by atoms with E-state index in [2.05, 4.69) is 0 Å². The first-order chi connectivity index (χ1) is 18.5. The van der Waals surface area contributed by atoms with Crippen molar-refractivity contribution in [3.05, 3.63) is 72.3 Å². The average Bonchev–Trinajstić information content (AvgIpc) is 3.47. The zero-order chi connectivity index (χ0) is 26.8. The van der Waals surface area contributed by atoms with Gasteiger partial charge in [0.05, 0.1) is 39.3 Å². The third kappa shape index (κ3) is 4.18. The number of hydrogen-bond acceptors (Lipinski definition) is 8. The van der Waals surface area contributed by atoms with Crippen molar-refractivity contribution in [2.75, 3.05) is 37.9 Å². The van der Waals surface area contributed by atoms with Crippen molar-refractivity contribution < 1.29 is 33.4 Å². The number of carbonyl (C=O) groups excluding carboxylic acids is 2. The van der Waals surface area contributed by atoms with Gasteiger partial charge in [-0.15, -0.1) is 0 Å². The summed E-state index contributed by atoms with van der Waals surface area (Å²) in [5, 5.41) is 1.62. The summed E-state index contributed by atoms with van der Waals surface area (Å²) in [7, 11) is 4.58. The van der Waals surface area contributed by atoms with E-state index in [1.165, 1.54) is 26.2 Å². The lowest BCUT2D eigenvalue weighted by Crippen LogP contribution is -2.37. The third-order valence-corrected chi connectivity index (χ3v) is 6.75. The molecule has 3 aromatic rings. The minimum Gasteiger partial charge on any atom is -0.494 e. The molecule has 5 rings (SSSR count). The number of ether oxygens (including phenoxy) is 4. The maximum absolute atomic E-state index is 14.0. The van der Waals surface area contributed by atoms with Gasteiger partial charge in [-0.3, -0.25) is 14.4 Å². The van der Waals surface area contributed by atoms with Crippen molar-refractivity contribution in [3.8, 4) is 23.0 Å². The fraction of sp³-hybridized carbons (Fsp3) is 0.310. The van der Waals surface area contributed by atoms with Crippen LogP contribution in [0.3, 0.4) is 0 Å². The molecule has 2 amide bonds. The lowest BCUT2D eigenvalue weighted by atomic mass is 9.89. The smallest absolute Gasteiger partial charge is 0.266 e. The molecule has 3 aromatic carbocycles. The molecule has 9 heteroatoms. The Morgan fingerprint density at radius 3 is 2.13 bits per heavy atom. The Balaban J connectivity index is 1.58. The van der Waals surface area contributed by atoms with Crippen LogP contribution in [0.25, 0.3) is 0 Å². The Hall–Kier alpha value is -4.24. The molecule has 198 valence electrons. The number of para-hydroxylation sites is 1. The molecule has 38 heavy (non-hydrogen) atoms. The second kappa shape index (κ2) is 10.6. The van der Waals surface area contributed by atoms with Crippen LogP contribution in [-0.2, 0) is 14.4 Å². The number of methoxy groups -OCH3 is 3. The van der Waals surface area contributed by atoms with Crippen molar-refractivity contribution in [2.45, 2.75) is 25.5 Å². The number of benzene rings is 3. The van der Waals surface area contributed by atoms with Crippen LogP contribution in [0.5, 0.6) is 23.0 Å². The first kappa shape index (κ1) is 25.4. The van der Waals surface area contributed by atoms with E-state index >= 15 is 0 Å². The highest BCUT2D eigenvalue weighted by Crippen LogP contribution is 2.52. The Kier molecular flexibility index (Phi) is 7.11. The van der Waals surface area contributed by atoms with Crippen LogP contribution < -0.4 is 28.9 Å². The molecule has 0 unspecified atom stereocenters. The molecule has 2 fully saturated rings. The maximum atomic E-state index is 14.0. The van der Waals surface area contributed by atoms with E-state index in [0.29, 0.717) is 46.5 Å². The van der Waals surface area contributed by atoms with Gasteiger partial charge in [0.25, 0.3) is 5.91 Å². The Bertz CT molecular complexity index is 1310. The van der Waals surface area contributed by atoms with Gasteiger partial charge < -0.3 is 18.9 Å². The molecule has 0 spiro atoms. The highest BCUT2D eigenvalue weighted by Gasteiger charge is 2.61. The number of amides is 2. The molecule has 0 aromatic heterocycles. The van der Waals surface area contributed by atoms with E-state index in [1.807, 2.05) is 43.3 Å². The number of nitrogens with zero attached hydrogens (tertiary/aromatic N) is 2. The number of imide groups is 1. The van der Waals surface area contributed by atoms with Gasteiger partial charge in [-0.05, 0) is 55.0 Å². The lowest BCUT2D eigenvalue weighted by Gasteiger charge is -2.30. The summed E-state index contributed by atoms with van der Waals surface area (Å²) < 4.78 is 22.5. The number of hydroxylamine groups is 1. The van der Waals surface area contributed by atoms with Crippen LogP contribution in [0.1, 0.15) is 24.9 Å². The van der Waals surface area contributed by atoms with Gasteiger partial charge >= 0.3 is 0 Å². The fourth-order valence-corrected chi connectivity index (χ4v) is 5.05. The molecule has 2 saturated heterocycles. The summed E-state index contributed by atoms with van der Waals surface area (Å²) in [6.07, 6.45) is -0.133. The second-order valence-corrected chi connectivity index (χ2v) is 8.94. The Morgan fingerprint density at radius 2 is 1.50 bits per heavy atom. The first-order valence-corrected chi connectivity index (χ1v) is 12.4. The van der Waals surface area contributed by atoms with Crippen LogP contribution in [0.2, 0.25) is 0 Å². The zero-order valence-electron chi connectivity index (χ0n) is 21.7. The summed E-state index contributed by atoms with van der Waals surface area (Å²) in [6, 6.07) is 19.2. The molecule has 0 radical (unpaired) electrons. The van der Waals surface area contributed by atoms with Crippen LogP contribution in [0.4, 0.5) is 11.4 Å². The van der Waals surface area contributed by atoms with Crippen LogP contribution in [0.15, 0.2) is 66.7 Å². The average molecular weight is 519 g/mol. The highest BCUT2D eigenvalue weighted by atomic mass is 16.7. The topological polar surface area (TPSA) is 86.8 Å². The molecular weight excluding hydrogens is 488 g/mol. The Morgan fingerprint density at radius 1 is 0.789 bits per heavy atom. The van der Waals surface area contributed by atoms with E-state index in [1.54, 1.807) is 35.4 Å². The van der Waals surface area contributed by atoms with Gasteiger partial charge in [-0.1, -0.05) is 25.1 Å². The molecular formula is C29H30N2O7. The minimum absolute atomic E-state index is 0.359. The molecule has 9 nitrogen and oxygen atoms in total. The predicted octanol–water partition coefficient (Wildman–Crippen LogP) is 4.55. The van der Waals surface area contributed by atoms with Gasteiger partial charge in [-0.25, -0.2) is 9.96 Å². The summed E-state index contributed by atoms with van der Waals surface area (Å²) in [5.74, 6) is 0.335. The molecule has 0 N–H and O–H groups in total. The van der Waals surface area contributed by atoms with E-state index in [0.717, 1.165) is 6.42 Å². The molecule has 0 saturated carbocycles. The van der Waals surface area contributed by atoms with Crippen molar-refractivity contribution >= 4 is 23.2 Å². The minimum atomic E-state index is -1.01. The maximum Gasteiger partial charge on any atom is 0.266 e. The van der Waals surface area contributed by atoms with E-state index < -0.39 is 24.0 Å². The van der Waals surface area contributed by atoms with Gasteiger partial charge in [0.1, 0.15) is 17.7 Å². The molecule has 2 heterocycles. The van der Waals surface area contributed by atoms with E-state index in [4.69, 9.17) is 23.8 Å². The number of anilines is 2. The number of hydrogen-bond donors (Lipinski definition) is 0. The Labute approximate surface area is 221 Å². The first-order valence-electron chi connectivity index (χ1n) is 12.4. The number of fused-ring (bicyclic) bond motifs is 1. The van der Waals surface area contributed by atoms with Gasteiger partial charge in [-0.2, -0.15) is 0 Å². The van der Waals surface area contributed by atoms with Gasteiger partial charge in [0.15, 0.2) is 17.6 Å². The third-order valence-electron chi connectivity index (χ3n) is 6.75. The zero-order valence-corrected chi connectivity index (χ0v) is 21.7. The SMILES string of the molecule is CCCOc1ccc(N2C(=O)[C@H]3[C@H](ON(c4ccccc4)[C@@H]3c3ccc(OC)c(OC)c3OC)C2=O)cc1. The lowest BCUT2D eigenvalue weighted by molar-refractivity contribution is -0.126. The van der Waals surface area contributed by atoms with Gasteiger partial charge in [0, 0.05) is 5.56 Å². The predicted molar refractivity (Wildman–Crippen MR) is 141 cm³/mol. The van der Waals surface area contributed by atoms with E-state index in [-0.39, 0.29) is 5.91 Å². The van der Waals surface area contributed by atoms with Crippen molar-refractivity contribution in [1.82, 2.24) is 0 Å². The molecule has 0 aliphatic carbocycles. The van der Waals surface area contributed by atoms with Crippen molar-refractivity contribution in [1.29, 1.82) is 0 Å². The summed E-state index contributed by atoms with van der Waals surface area (Å²) in [6.45, 7) is 2.61. The molecule has 2 aliphatic rings. The highest BCUT2D eigenvalue weighted by molar-refractivity contribution is 6.24. The quantitative estimate of drug-likeness (QED) is 0.382. The van der Waals surface area contributed by atoms with Crippen LogP contribution in [-0.4, -0.2) is 45.9 Å². The van der Waals surface area contributed by atoms with Crippen molar-refractivity contribution in [3.63, 3.8) is 0 Å². The monoisotopic (exact) mass is 518 g/mol. The standard InChI is InChI=1S/C29H30N2O7/c1-5-17-37-20-13-11-18(12-14-20)30-28(32)23-24(21-15-16-22(34-2)26(36-4)25(21)35-3)31(38-27(23)29(30)33)19-9-7-6-8-10-19/h6-16,23-24,27H,5,17H2,1-4H3/t23-,24-,27+/m1/s1. The summed E-state index contributed by atoms with van der Waals surface area (Å²) >= 11 is 0. The normalized spacial score (nSPS) is 20.5. The summed E-state index contributed by atoms with van der Waals surface area (Å²) in [4.78, 5) is 35.0. The van der Waals surface area contributed by atoms with Gasteiger partial charge in [0.2, 0.25) is 11.7 Å². The fourth-order valence-electron chi connectivity index (χ4n) is 5.05.